The van der Waals surface area contributed by atoms with Gasteiger partial charge in [0, 0.05) is 17.3 Å². The maximum atomic E-state index is 11.8. The molecule has 0 unspecified atom stereocenters. The molecule has 0 fully saturated rings. The normalized spacial score (nSPS) is 10.2. The Morgan fingerprint density at radius 1 is 1.47 bits per heavy atom. The number of nitrogen functional groups attached to an aromatic ring is 1. The van der Waals surface area contributed by atoms with Gasteiger partial charge in [0.05, 0.1) is 12.7 Å². The van der Waals surface area contributed by atoms with E-state index in [1.54, 1.807) is 18.2 Å². The summed E-state index contributed by atoms with van der Waals surface area (Å²) in [6, 6.07) is 6.94. The summed E-state index contributed by atoms with van der Waals surface area (Å²) in [6.07, 6.45) is 1.53. The fourth-order valence-electron chi connectivity index (χ4n) is 1.55. The molecule has 1 aromatic heterocycles. The average molecular weight is 231 g/mol. The molecular formula is C12H13N3O2. The first-order valence-corrected chi connectivity index (χ1v) is 5.20. The van der Waals surface area contributed by atoms with Crippen LogP contribution in [0.1, 0.15) is 21.7 Å². The molecule has 0 atom stereocenters. The Morgan fingerprint density at radius 3 is 2.94 bits per heavy atom. The smallest absolute Gasteiger partial charge is 0.251 e. The maximum absolute atomic E-state index is 11.8. The van der Waals surface area contributed by atoms with Crippen LogP contribution in [0.2, 0.25) is 0 Å². The second-order valence-corrected chi connectivity index (χ2v) is 3.79. The SMILES string of the molecule is Cc1cc(N)cc(C(=O)NCc2ccno2)c1. The van der Waals surface area contributed by atoms with E-state index in [1.807, 2.05) is 13.0 Å². The van der Waals surface area contributed by atoms with Crippen molar-refractivity contribution >= 4 is 11.6 Å². The summed E-state index contributed by atoms with van der Waals surface area (Å²) in [7, 11) is 0. The third-order valence-corrected chi connectivity index (χ3v) is 2.28. The first kappa shape index (κ1) is 11.2. The number of nitrogens with zero attached hydrogens (tertiary/aromatic N) is 1. The van der Waals surface area contributed by atoms with Gasteiger partial charge in [-0.15, -0.1) is 0 Å². The van der Waals surface area contributed by atoms with Crippen LogP contribution in [0.25, 0.3) is 0 Å². The lowest BCUT2D eigenvalue weighted by Crippen LogP contribution is -2.22. The summed E-state index contributed by atoms with van der Waals surface area (Å²) in [5.41, 5.74) is 7.76. The number of aryl methyl sites for hydroxylation is 1. The first-order chi connectivity index (χ1) is 8.15. The number of carbonyl (C=O) groups excluding carboxylic acids is 1. The molecule has 0 bridgehead atoms. The standard InChI is InChI=1S/C12H13N3O2/c1-8-4-9(6-10(13)5-8)12(16)14-7-11-2-3-15-17-11/h2-6H,7,13H2,1H3,(H,14,16). The molecule has 2 rings (SSSR count). The Hall–Kier alpha value is -2.30. The molecular weight excluding hydrogens is 218 g/mol. The van der Waals surface area contributed by atoms with Gasteiger partial charge in [-0.3, -0.25) is 4.79 Å². The zero-order valence-electron chi connectivity index (χ0n) is 9.43. The van der Waals surface area contributed by atoms with Gasteiger partial charge in [0.25, 0.3) is 5.91 Å². The quantitative estimate of drug-likeness (QED) is 0.784. The van der Waals surface area contributed by atoms with Crippen LogP contribution in [0.3, 0.4) is 0 Å². The molecule has 1 amide bonds. The second-order valence-electron chi connectivity index (χ2n) is 3.79. The molecule has 2 aromatic rings. The summed E-state index contributed by atoms with van der Waals surface area (Å²) in [5.74, 6) is 0.427. The molecule has 1 aromatic carbocycles. The van der Waals surface area contributed by atoms with Crippen molar-refractivity contribution in [3.8, 4) is 0 Å². The lowest BCUT2D eigenvalue weighted by atomic mass is 10.1. The number of nitrogens with one attached hydrogen (secondary N) is 1. The number of rotatable bonds is 3. The van der Waals surface area contributed by atoms with E-state index in [0.29, 0.717) is 23.6 Å². The van der Waals surface area contributed by atoms with Gasteiger partial charge in [-0.1, -0.05) is 5.16 Å². The molecule has 88 valence electrons. The summed E-state index contributed by atoms with van der Waals surface area (Å²) in [6.45, 7) is 2.20. The van der Waals surface area contributed by atoms with E-state index in [-0.39, 0.29) is 5.91 Å². The summed E-state index contributed by atoms with van der Waals surface area (Å²) in [4.78, 5) is 11.8. The minimum Gasteiger partial charge on any atom is -0.399 e. The number of nitrogens with two attached hydrogens (primary N) is 1. The van der Waals surface area contributed by atoms with Crippen molar-refractivity contribution in [2.45, 2.75) is 13.5 Å². The zero-order valence-corrected chi connectivity index (χ0v) is 9.43. The Morgan fingerprint density at radius 2 is 2.29 bits per heavy atom. The maximum Gasteiger partial charge on any atom is 0.251 e. The summed E-state index contributed by atoms with van der Waals surface area (Å²) in [5, 5.41) is 6.28. The van der Waals surface area contributed by atoms with Gasteiger partial charge < -0.3 is 15.6 Å². The molecule has 0 spiro atoms. The number of aromatic nitrogens is 1. The number of benzene rings is 1. The summed E-state index contributed by atoms with van der Waals surface area (Å²) >= 11 is 0. The number of hydrogen-bond acceptors (Lipinski definition) is 4. The van der Waals surface area contributed by atoms with E-state index >= 15 is 0 Å². The molecule has 0 saturated carbocycles. The highest BCUT2D eigenvalue weighted by atomic mass is 16.5. The lowest BCUT2D eigenvalue weighted by molar-refractivity contribution is 0.0947. The number of hydrogen-bond donors (Lipinski definition) is 2. The van der Waals surface area contributed by atoms with Crippen LogP contribution in [-0.2, 0) is 6.54 Å². The molecule has 0 radical (unpaired) electrons. The van der Waals surface area contributed by atoms with Crippen LogP contribution in [0, 0.1) is 6.92 Å². The van der Waals surface area contributed by atoms with Crippen molar-refractivity contribution in [1.82, 2.24) is 10.5 Å². The largest absolute Gasteiger partial charge is 0.399 e. The van der Waals surface area contributed by atoms with Crippen LogP contribution >= 0.6 is 0 Å². The van der Waals surface area contributed by atoms with Crippen LogP contribution in [-0.4, -0.2) is 11.1 Å². The second kappa shape index (κ2) is 4.69. The van der Waals surface area contributed by atoms with Gasteiger partial charge in [-0.05, 0) is 30.7 Å². The first-order valence-electron chi connectivity index (χ1n) is 5.20. The van der Waals surface area contributed by atoms with E-state index in [1.165, 1.54) is 6.20 Å². The topological polar surface area (TPSA) is 81.2 Å². The van der Waals surface area contributed by atoms with Crippen molar-refractivity contribution in [2.75, 3.05) is 5.73 Å². The van der Waals surface area contributed by atoms with Crippen LogP contribution in [0.5, 0.6) is 0 Å². The van der Waals surface area contributed by atoms with E-state index in [0.717, 1.165) is 5.56 Å². The number of amides is 1. The highest BCUT2D eigenvalue weighted by Gasteiger charge is 2.07. The number of carbonyl (C=O) groups is 1. The van der Waals surface area contributed by atoms with Crippen molar-refractivity contribution in [3.05, 3.63) is 47.3 Å². The third kappa shape index (κ3) is 2.84. The van der Waals surface area contributed by atoms with Crippen LogP contribution < -0.4 is 11.1 Å². The van der Waals surface area contributed by atoms with E-state index < -0.39 is 0 Å². The van der Waals surface area contributed by atoms with Crippen LogP contribution in [0.4, 0.5) is 5.69 Å². The Bertz CT molecular complexity index is 500. The summed E-state index contributed by atoms with van der Waals surface area (Å²) < 4.78 is 4.88. The van der Waals surface area contributed by atoms with Gasteiger partial charge in [-0.25, -0.2) is 0 Å². The zero-order chi connectivity index (χ0) is 12.3. The van der Waals surface area contributed by atoms with Gasteiger partial charge in [-0.2, -0.15) is 0 Å². The van der Waals surface area contributed by atoms with Gasteiger partial charge in [0.15, 0.2) is 5.76 Å². The fraction of sp³-hybridized carbons (Fsp3) is 0.167. The predicted octanol–water partition coefficient (Wildman–Crippen LogP) is 1.50. The van der Waals surface area contributed by atoms with Crippen molar-refractivity contribution in [2.24, 2.45) is 0 Å². The Kier molecular flexibility index (Phi) is 3.09. The molecule has 1 heterocycles. The Balaban J connectivity index is 2.04. The highest BCUT2D eigenvalue weighted by molar-refractivity contribution is 5.95. The highest BCUT2D eigenvalue weighted by Crippen LogP contribution is 2.11. The molecule has 0 saturated heterocycles. The lowest BCUT2D eigenvalue weighted by Gasteiger charge is -2.05. The van der Waals surface area contributed by atoms with Crippen LogP contribution in [0.15, 0.2) is 35.0 Å². The molecule has 0 aliphatic carbocycles. The molecule has 5 nitrogen and oxygen atoms in total. The van der Waals surface area contributed by atoms with Crippen molar-refractivity contribution in [1.29, 1.82) is 0 Å². The minimum atomic E-state index is -0.184. The predicted molar refractivity (Wildman–Crippen MR) is 63.3 cm³/mol. The minimum absolute atomic E-state index is 0.184. The van der Waals surface area contributed by atoms with E-state index in [4.69, 9.17) is 10.3 Å². The molecule has 5 heteroatoms. The van der Waals surface area contributed by atoms with Gasteiger partial charge in [0.1, 0.15) is 0 Å². The molecule has 0 aliphatic heterocycles. The molecule has 17 heavy (non-hydrogen) atoms. The number of anilines is 1. The van der Waals surface area contributed by atoms with Gasteiger partial charge in [0.2, 0.25) is 0 Å². The third-order valence-electron chi connectivity index (χ3n) is 2.28. The van der Waals surface area contributed by atoms with Crippen molar-refractivity contribution in [3.63, 3.8) is 0 Å². The molecule has 3 N–H and O–H groups in total. The monoisotopic (exact) mass is 231 g/mol. The average Bonchev–Trinajstić information content (AvgIpc) is 2.77. The Labute approximate surface area is 98.6 Å². The van der Waals surface area contributed by atoms with Gasteiger partial charge >= 0.3 is 0 Å². The molecule has 0 aliphatic rings. The van der Waals surface area contributed by atoms with Crippen molar-refractivity contribution < 1.29 is 9.32 Å². The van der Waals surface area contributed by atoms with E-state index in [2.05, 4.69) is 10.5 Å². The fourth-order valence-corrected chi connectivity index (χ4v) is 1.55. The van der Waals surface area contributed by atoms with E-state index in [9.17, 15) is 4.79 Å².